The van der Waals surface area contributed by atoms with Crippen molar-refractivity contribution in [3.8, 4) is 11.1 Å². The quantitative estimate of drug-likeness (QED) is 0.162. The Hall–Kier alpha value is -5.68. The van der Waals surface area contributed by atoms with Crippen LogP contribution in [0.15, 0.2) is 193 Å². The van der Waals surface area contributed by atoms with Crippen molar-refractivity contribution < 1.29 is 0 Å². The SMILES string of the molecule is Brc1cc(N(c2ccccc2)c2cccc3ccccc23)cc(N(c2ccc(-c3ccccc3)cc2)c2cccc3c2sc2ccccc23)c1. The number of thiophene rings is 1. The summed E-state index contributed by atoms with van der Waals surface area (Å²) in [6.07, 6.45) is 0. The van der Waals surface area contributed by atoms with E-state index in [1.54, 1.807) is 0 Å². The molecule has 0 amide bonds. The highest BCUT2D eigenvalue weighted by Crippen LogP contribution is 2.47. The minimum absolute atomic E-state index is 1.00. The molecule has 0 bridgehead atoms. The maximum absolute atomic E-state index is 3.96. The van der Waals surface area contributed by atoms with Gasteiger partial charge in [0.1, 0.15) is 0 Å². The number of hydrogen-bond acceptors (Lipinski definition) is 3. The Kier molecular flexibility index (Phi) is 7.89. The number of halogens is 1. The lowest BCUT2D eigenvalue weighted by atomic mass is 10.0. The van der Waals surface area contributed by atoms with E-state index in [0.717, 1.165) is 38.6 Å². The predicted molar refractivity (Wildman–Crippen MR) is 219 cm³/mol. The number of para-hydroxylation sites is 1. The van der Waals surface area contributed by atoms with Crippen LogP contribution in [0.2, 0.25) is 0 Å². The van der Waals surface area contributed by atoms with Crippen molar-refractivity contribution in [2.45, 2.75) is 0 Å². The average Bonchev–Trinajstić information content (AvgIpc) is 3.56. The number of rotatable bonds is 7. The first-order valence-electron chi connectivity index (χ1n) is 16.7. The van der Waals surface area contributed by atoms with E-state index >= 15 is 0 Å². The van der Waals surface area contributed by atoms with Crippen molar-refractivity contribution in [2.24, 2.45) is 0 Å². The Labute approximate surface area is 304 Å². The van der Waals surface area contributed by atoms with Gasteiger partial charge in [-0.15, -0.1) is 11.3 Å². The van der Waals surface area contributed by atoms with Gasteiger partial charge in [0.2, 0.25) is 0 Å². The zero-order chi connectivity index (χ0) is 33.4. The molecular weight excluding hydrogens is 692 g/mol. The molecule has 0 aliphatic rings. The monoisotopic (exact) mass is 722 g/mol. The topological polar surface area (TPSA) is 6.48 Å². The molecule has 1 heterocycles. The van der Waals surface area contributed by atoms with Gasteiger partial charge in [0, 0.05) is 48.1 Å². The highest BCUT2D eigenvalue weighted by Gasteiger charge is 2.22. The lowest BCUT2D eigenvalue weighted by Gasteiger charge is -2.30. The molecule has 0 aliphatic carbocycles. The molecule has 0 saturated carbocycles. The molecule has 8 aromatic carbocycles. The average molecular weight is 724 g/mol. The lowest BCUT2D eigenvalue weighted by Crippen LogP contribution is -2.13. The third-order valence-corrected chi connectivity index (χ3v) is 10.9. The summed E-state index contributed by atoms with van der Waals surface area (Å²) in [5, 5.41) is 4.96. The van der Waals surface area contributed by atoms with Crippen LogP contribution in [-0.4, -0.2) is 0 Å². The van der Waals surface area contributed by atoms with Crippen LogP contribution in [-0.2, 0) is 0 Å². The van der Waals surface area contributed by atoms with Crippen molar-refractivity contribution in [3.05, 3.63) is 193 Å². The minimum Gasteiger partial charge on any atom is -0.310 e. The van der Waals surface area contributed by atoms with Crippen LogP contribution in [0.4, 0.5) is 34.1 Å². The van der Waals surface area contributed by atoms with Gasteiger partial charge in [0.25, 0.3) is 0 Å². The number of benzene rings is 8. The van der Waals surface area contributed by atoms with Crippen molar-refractivity contribution in [2.75, 3.05) is 9.80 Å². The standard InChI is InChI=1S/C46H31BrN2S/c47-35-29-38(48(36-17-5-2-6-18-36)43-22-11-16-34-15-7-8-19-40(34)43)31-39(30-35)49(37-27-25-33(26-28-37)32-13-3-1-4-14-32)44-23-12-21-42-41-20-9-10-24-45(41)50-46(42)44/h1-31H. The summed E-state index contributed by atoms with van der Waals surface area (Å²) in [5.41, 5.74) is 8.99. The summed E-state index contributed by atoms with van der Waals surface area (Å²) < 4.78 is 3.55. The maximum Gasteiger partial charge on any atom is 0.0640 e. The van der Waals surface area contributed by atoms with Crippen LogP contribution in [0.25, 0.3) is 42.1 Å². The summed E-state index contributed by atoms with van der Waals surface area (Å²) >= 11 is 5.81. The summed E-state index contributed by atoms with van der Waals surface area (Å²) in [6.45, 7) is 0. The van der Waals surface area contributed by atoms with E-state index in [1.807, 2.05) is 11.3 Å². The molecule has 0 atom stereocenters. The van der Waals surface area contributed by atoms with E-state index in [2.05, 4.69) is 214 Å². The largest absolute Gasteiger partial charge is 0.310 e. The maximum atomic E-state index is 3.96. The Morgan fingerprint density at radius 3 is 1.70 bits per heavy atom. The van der Waals surface area contributed by atoms with Crippen LogP contribution in [0.1, 0.15) is 0 Å². The van der Waals surface area contributed by atoms with E-state index in [1.165, 1.54) is 42.1 Å². The van der Waals surface area contributed by atoms with Gasteiger partial charge in [-0.25, -0.2) is 0 Å². The van der Waals surface area contributed by atoms with Crippen LogP contribution in [0.3, 0.4) is 0 Å². The van der Waals surface area contributed by atoms with Crippen molar-refractivity contribution in [1.29, 1.82) is 0 Å². The van der Waals surface area contributed by atoms with Gasteiger partial charge in [-0.2, -0.15) is 0 Å². The Bertz CT molecular complexity index is 2610. The highest BCUT2D eigenvalue weighted by molar-refractivity contribution is 9.10. The Morgan fingerprint density at radius 2 is 0.920 bits per heavy atom. The molecule has 2 nitrogen and oxygen atoms in total. The fraction of sp³-hybridized carbons (Fsp3) is 0. The minimum atomic E-state index is 1.00. The molecule has 50 heavy (non-hydrogen) atoms. The molecule has 9 aromatic rings. The second-order valence-electron chi connectivity index (χ2n) is 12.3. The second-order valence-corrected chi connectivity index (χ2v) is 14.3. The van der Waals surface area contributed by atoms with Gasteiger partial charge in [-0.3, -0.25) is 0 Å². The van der Waals surface area contributed by atoms with Crippen molar-refractivity contribution in [1.82, 2.24) is 0 Å². The predicted octanol–water partition coefficient (Wildman–Crippen LogP) is 14.6. The first kappa shape index (κ1) is 30.4. The fourth-order valence-corrected chi connectivity index (χ4v) is 8.67. The van der Waals surface area contributed by atoms with Gasteiger partial charge in [0.05, 0.1) is 16.1 Å². The summed E-state index contributed by atoms with van der Waals surface area (Å²) in [7, 11) is 0. The van der Waals surface area contributed by atoms with E-state index in [-0.39, 0.29) is 0 Å². The van der Waals surface area contributed by atoms with Gasteiger partial charge in [-0.05, 0) is 77.2 Å². The van der Waals surface area contributed by atoms with Gasteiger partial charge >= 0.3 is 0 Å². The molecule has 0 spiro atoms. The molecule has 1 aromatic heterocycles. The third-order valence-electron chi connectivity index (χ3n) is 9.26. The summed E-state index contributed by atoms with van der Waals surface area (Å²) in [6, 6.07) is 67.5. The van der Waals surface area contributed by atoms with E-state index in [9.17, 15) is 0 Å². The summed E-state index contributed by atoms with van der Waals surface area (Å²) in [4.78, 5) is 4.78. The smallest absolute Gasteiger partial charge is 0.0640 e. The molecule has 0 aliphatic heterocycles. The number of fused-ring (bicyclic) bond motifs is 4. The van der Waals surface area contributed by atoms with Crippen LogP contribution in [0, 0.1) is 0 Å². The lowest BCUT2D eigenvalue weighted by molar-refractivity contribution is 1.26. The third kappa shape index (κ3) is 5.53. The van der Waals surface area contributed by atoms with Gasteiger partial charge < -0.3 is 9.80 Å². The van der Waals surface area contributed by atoms with Crippen LogP contribution < -0.4 is 9.80 Å². The molecule has 9 rings (SSSR count). The van der Waals surface area contributed by atoms with Crippen LogP contribution in [0.5, 0.6) is 0 Å². The number of hydrogen-bond donors (Lipinski definition) is 0. The molecule has 0 fully saturated rings. The Balaban J connectivity index is 1.27. The summed E-state index contributed by atoms with van der Waals surface area (Å²) in [5.74, 6) is 0. The normalized spacial score (nSPS) is 11.3. The van der Waals surface area contributed by atoms with Crippen LogP contribution >= 0.6 is 27.3 Å². The number of nitrogens with zero attached hydrogens (tertiary/aromatic N) is 2. The van der Waals surface area contributed by atoms with Crippen molar-refractivity contribution >= 4 is 92.3 Å². The molecular formula is C46H31BrN2S. The first-order chi connectivity index (χ1) is 24.7. The van der Waals surface area contributed by atoms with Gasteiger partial charge in [-0.1, -0.05) is 143 Å². The van der Waals surface area contributed by atoms with E-state index in [4.69, 9.17) is 0 Å². The van der Waals surface area contributed by atoms with E-state index in [0.29, 0.717) is 0 Å². The molecule has 238 valence electrons. The molecule has 0 radical (unpaired) electrons. The second kappa shape index (κ2) is 13.0. The first-order valence-corrected chi connectivity index (χ1v) is 18.3. The van der Waals surface area contributed by atoms with E-state index < -0.39 is 0 Å². The highest BCUT2D eigenvalue weighted by atomic mass is 79.9. The fourth-order valence-electron chi connectivity index (χ4n) is 6.99. The Morgan fingerprint density at radius 1 is 0.380 bits per heavy atom. The molecule has 0 saturated heterocycles. The van der Waals surface area contributed by atoms with Crippen molar-refractivity contribution in [3.63, 3.8) is 0 Å². The van der Waals surface area contributed by atoms with Gasteiger partial charge in [0.15, 0.2) is 0 Å². The molecule has 0 unspecified atom stereocenters. The zero-order valence-electron chi connectivity index (χ0n) is 27.1. The number of anilines is 6. The molecule has 0 N–H and O–H groups in total. The zero-order valence-corrected chi connectivity index (χ0v) is 29.5. The molecule has 4 heteroatoms.